The van der Waals surface area contributed by atoms with Crippen LogP contribution >= 0.6 is 0 Å². The molecule has 0 unspecified atom stereocenters. The molecule has 0 aromatic carbocycles. The highest BCUT2D eigenvalue weighted by atomic mass is 16.3. The molecule has 0 spiro atoms. The Morgan fingerprint density at radius 2 is 2.07 bits per heavy atom. The number of hydrazone groups is 1. The monoisotopic (exact) mass is 204 g/mol. The van der Waals surface area contributed by atoms with Gasteiger partial charge in [0.05, 0.1) is 18.7 Å². The Balaban J connectivity index is 1.91. The Kier molecular flexibility index (Phi) is 2.64. The third kappa shape index (κ3) is 2.34. The lowest BCUT2D eigenvalue weighted by molar-refractivity contribution is 0.0927. The lowest BCUT2D eigenvalue weighted by Crippen LogP contribution is -2.16. The quantitative estimate of drug-likeness (QED) is 0.610. The largest absolute Gasteiger partial charge is 0.463 e. The molecule has 0 fully saturated rings. The van der Waals surface area contributed by atoms with Crippen molar-refractivity contribution in [1.82, 2.24) is 5.43 Å². The molecule has 0 saturated heterocycles. The van der Waals surface area contributed by atoms with Gasteiger partial charge in [-0.15, -0.1) is 0 Å². The van der Waals surface area contributed by atoms with Gasteiger partial charge in [0.2, 0.25) is 0 Å². The summed E-state index contributed by atoms with van der Waals surface area (Å²) in [6, 6.07) is 6.64. The molecule has 2 heterocycles. The molecule has 1 N–H and O–H groups in total. The normalized spacial score (nSPS) is 10.7. The minimum atomic E-state index is -0.400. The molecule has 76 valence electrons. The lowest BCUT2D eigenvalue weighted by Gasteiger charge is -1.93. The Labute approximate surface area is 85.4 Å². The van der Waals surface area contributed by atoms with Gasteiger partial charge < -0.3 is 8.83 Å². The first-order chi connectivity index (χ1) is 7.36. The molecular weight excluding hydrogens is 196 g/mol. The van der Waals surface area contributed by atoms with E-state index in [1.807, 2.05) is 0 Å². The van der Waals surface area contributed by atoms with Gasteiger partial charge in [-0.3, -0.25) is 4.79 Å². The predicted molar refractivity (Wildman–Crippen MR) is 52.5 cm³/mol. The van der Waals surface area contributed by atoms with E-state index in [0.29, 0.717) is 5.76 Å². The summed E-state index contributed by atoms with van der Waals surface area (Å²) in [6.45, 7) is 0. The minimum absolute atomic E-state index is 0.214. The fourth-order valence-corrected chi connectivity index (χ4v) is 0.982. The van der Waals surface area contributed by atoms with Crippen LogP contribution in [0.4, 0.5) is 0 Å². The fraction of sp³-hybridized carbons (Fsp3) is 0. The van der Waals surface area contributed by atoms with E-state index in [0.717, 1.165) is 0 Å². The summed E-state index contributed by atoms with van der Waals surface area (Å²) in [5.41, 5.74) is 2.30. The second kappa shape index (κ2) is 4.28. The number of amides is 1. The van der Waals surface area contributed by atoms with Crippen molar-refractivity contribution in [3.05, 3.63) is 48.3 Å². The molecule has 0 bridgehead atoms. The summed E-state index contributed by atoms with van der Waals surface area (Å²) in [4.78, 5) is 11.3. The van der Waals surface area contributed by atoms with Gasteiger partial charge >= 0.3 is 5.91 Å². The second-order valence-corrected chi connectivity index (χ2v) is 2.69. The fourth-order valence-electron chi connectivity index (χ4n) is 0.982. The van der Waals surface area contributed by atoms with Crippen molar-refractivity contribution in [2.24, 2.45) is 5.10 Å². The van der Waals surface area contributed by atoms with Crippen LogP contribution in [0.15, 0.2) is 50.7 Å². The van der Waals surface area contributed by atoms with Gasteiger partial charge in [-0.1, -0.05) is 0 Å². The lowest BCUT2D eigenvalue weighted by atomic mass is 10.4. The SMILES string of the molecule is O=C(N/N=C\c1ccco1)c1ccco1. The molecule has 1 amide bonds. The predicted octanol–water partition coefficient (Wildman–Crippen LogP) is 1.64. The van der Waals surface area contributed by atoms with E-state index >= 15 is 0 Å². The summed E-state index contributed by atoms with van der Waals surface area (Å²) in [6.07, 6.45) is 4.35. The van der Waals surface area contributed by atoms with Gasteiger partial charge in [0.15, 0.2) is 5.76 Å². The van der Waals surface area contributed by atoms with E-state index in [1.54, 1.807) is 24.3 Å². The topological polar surface area (TPSA) is 67.7 Å². The first-order valence-electron chi connectivity index (χ1n) is 4.26. The number of nitrogens with one attached hydrogen (secondary N) is 1. The first-order valence-corrected chi connectivity index (χ1v) is 4.26. The first kappa shape index (κ1) is 9.26. The van der Waals surface area contributed by atoms with E-state index < -0.39 is 5.91 Å². The van der Waals surface area contributed by atoms with E-state index in [9.17, 15) is 4.79 Å². The summed E-state index contributed by atoms with van der Waals surface area (Å²) in [5, 5.41) is 3.69. The molecule has 0 aliphatic rings. The van der Waals surface area contributed by atoms with Gasteiger partial charge in [0, 0.05) is 0 Å². The average molecular weight is 204 g/mol. The highest BCUT2D eigenvalue weighted by Crippen LogP contribution is 1.99. The molecule has 0 aliphatic heterocycles. The highest BCUT2D eigenvalue weighted by Gasteiger charge is 2.05. The zero-order valence-electron chi connectivity index (χ0n) is 7.71. The van der Waals surface area contributed by atoms with E-state index in [4.69, 9.17) is 8.83 Å². The van der Waals surface area contributed by atoms with Crippen molar-refractivity contribution in [3.8, 4) is 0 Å². The van der Waals surface area contributed by atoms with Crippen LogP contribution in [0, 0.1) is 0 Å². The van der Waals surface area contributed by atoms with Crippen LogP contribution in [0.1, 0.15) is 16.3 Å². The third-order valence-corrected chi connectivity index (χ3v) is 1.65. The molecule has 0 saturated carbocycles. The van der Waals surface area contributed by atoms with Crippen LogP contribution in [-0.2, 0) is 0 Å². The van der Waals surface area contributed by atoms with Crippen LogP contribution in [0.5, 0.6) is 0 Å². The van der Waals surface area contributed by atoms with E-state index in [1.165, 1.54) is 18.7 Å². The number of hydrogen-bond donors (Lipinski definition) is 1. The number of nitrogens with zero attached hydrogens (tertiary/aromatic N) is 1. The molecule has 0 aliphatic carbocycles. The maximum Gasteiger partial charge on any atom is 0.307 e. The molecule has 15 heavy (non-hydrogen) atoms. The van der Waals surface area contributed by atoms with Crippen molar-refractivity contribution < 1.29 is 13.6 Å². The van der Waals surface area contributed by atoms with Gasteiger partial charge in [-0.05, 0) is 24.3 Å². The summed E-state index contributed by atoms with van der Waals surface area (Å²) >= 11 is 0. The van der Waals surface area contributed by atoms with Crippen molar-refractivity contribution >= 4 is 12.1 Å². The Morgan fingerprint density at radius 3 is 2.73 bits per heavy atom. The Morgan fingerprint density at radius 1 is 1.27 bits per heavy atom. The number of carbonyl (C=O) groups excluding carboxylic acids is 1. The molecule has 0 atom stereocenters. The zero-order chi connectivity index (χ0) is 10.5. The molecule has 0 radical (unpaired) electrons. The van der Waals surface area contributed by atoms with Crippen molar-refractivity contribution in [2.75, 3.05) is 0 Å². The molecular formula is C10H8N2O3. The van der Waals surface area contributed by atoms with Crippen LogP contribution in [0.2, 0.25) is 0 Å². The number of carbonyl (C=O) groups is 1. The Hall–Kier alpha value is -2.30. The summed E-state index contributed by atoms with van der Waals surface area (Å²) < 4.78 is 9.86. The highest BCUT2D eigenvalue weighted by molar-refractivity contribution is 5.92. The van der Waals surface area contributed by atoms with Crippen LogP contribution in [-0.4, -0.2) is 12.1 Å². The molecule has 2 aromatic heterocycles. The summed E-state index contributed by atoms with van der Waals surface area (Å²) in [7, 11) is 0. The van der Waals surface area contributed by atoms with Crippen molar-refractivity contribution in [1.29, 1.82) is 0 Å². The van der Waals surface area contributed by atoms with E-state index in [2.05, 4.69) is 10.5 Å². The maximum atomic E-state index is 11.3. The summed E-state index contributed by atoms with van der Waals surface area (Å²) in [5.74, 6) is 0.379. The average Bonchev–Trinajstić information content (AvgIpc) is 2.90. The molecule has 2 rings (SSSR count). The third-order valence-electron chi connectivity index (χ3n) is 1.65. The number of furan rings is 2. The standard InChI is InChI=1S/C10H8N2O3/c13-10(9-4-2-6-15-9)12-11-7-8-3-1-5-14-8/h1-7H,(H,12,13)/b11-7-. The van der Waals surface area contributed by atoms with Gasteiger partial charge in [-0.25, -0.2) is 5.43 Å². The maximum absolute atomic E-state index is 11.3. The zero-order valence-corrected chi connectivity index (χ0v) is 7.71. The molecule has 5 heteroatoms. The van der Waals surface area contributed by atoms with Crippen molar-refractivity contribution in [3.63, 3.8) is 0 Å². The van der Waals surface area contributed by atoms with E-state index in [-0.39, 0.29) is 5.76 Å². The van der Waals surface area contributed by atoms with Crippen LogP contribution in [0.3, 0.4) is 0 Å². The molecule has 2 aromatic rings. The van der Waals surface area contributed by atoms with Crippen molar-refractivity contribution in [2.45, 2.75) is 0 Å². The Bertz CT molecular complexity index is 443. The van der Waals surface area contributed by atoms with Gasteiger partial charge in [0.25, 0.3) is 0 Å². The number of rotatable bonds is 3. The van der Waals surface area contributed by atoms with Crippen LogP contribution in [0.25, 0.3) is 0 Å². The minimum Gasteiger partial charge on any atom is -0.463 e. The smallest absolute Gasteiger partial charge is 0.307 e. The van der Waals surface area contributed by atoms with Gasteiger partial charge in [0.1, 0.15) is 5.76 Å². The van der Waals surface area contributed by atoms with Gasteiger partial charge in [-0.2, -0.15) is 5.10 Å². The number of hydrogen-bond acceptors (Lipinski definition) is 4. The second-order valence-electron chi connectivity index (χ2n) is 2.69. The van der Waals surface area contributed by atoms with Crippen LogP contribution < -0.4 is 5.43 Å². The molecule has 5 nitrogen and oxygen atoms in total.